The molecule has 0 saturated carbocycles. The first kappa shape index (κ1) is 22.0. The number of hydrogen-bond acceptors (Lipinski definition) is 4. The summed E-state index contributed by atoms with van der Waals surface area (Å²) in [5, 5.41) is 7.80. The van der Waals surface area contributed by atoms with Crippen LogP contribution in [0.3, 0.4) is 0 Å². The number of nitrogens with zero attached hydrogens (tertiary/aromatic N) is 2. The van der Waals surface area contributed by atoms with E-state index in [0.717, 1.165) is 64.7 Å². The summed E-state index contributed by atoms with van der Waals surface area (Å²) in [6.07, 6.45) is 4.81. The van der Waals surface area contributed by atoms with E-state index >= 15 is 0 Å². The molecule has 4 aromatic rings. The van der Waals surface area contributed by atoms with Gasteiger partial charge in [-0.15, -0.1) is 0 Å². The minimum atomic E-state index is -0.360. The SMILES string of the molecule is CCNCCCn1cc(C2=C(c3c[nH]c4ccccc34)C(=O)NC2=O)c2cccc(N(C)C)c21. The number of carbonyl (C=O) groups excluding carboxylic acids is 2. The van der Waals surface area contributed by atoms with Crippen LogP contribution >= 0.6 is 0 Å². The molecule has 0 radical (unpaired) electrons. The number of amides is 2. The molecule has 7 heteroatoms. The van der Waals surface area contributed by atoms with Crippen molar-refractivity contribution in [2.24, 2.45) is 0 Å². The van der Waals surface area contributed by atoms with Gasteiger partial charge in [0.25, 0.3) is 11.8 Å². The molecule has 2 aromatic heterocycles. The normalized spacial score (nSPS) is 14.0. The summed E-state index contributed by atoms with van der Waals surface area (Å²) in [4.78, 5) is 31.5. The number of H-pyrrole nitrogens is 1. The molecular formula is C27H29N5O2. The highest BCUT2D eigenvalue weighted by Crippen LogP contribution is 2.40. The fourth-order valence-corrected chi connectivity index (χ4v) is 4.88. The number of aryl methyl sites for hydroxylation is 1. The van der Waals surface area contributed by atoms with Gasteiger partial charge in [0.2, 0.25) is 0 Å². The van der Waals surface area contributed by atoms with Crippen molar-refractivity contribution in [2.75, 3.05) is 32.1 Å². The summed E-state index contributed by atoms with van der Waals surface area (Å²) < 4.78 is 2.22. The third-order valence-corrected chi connectivity index (χ3v) is 6.42. The second-order valence-electron chi connectivity index (χ2n) is 8.79. The highest BCUT2D eigenvalue weighted by atomic mass is 16.2. The van der Waals surface area contributed by atoms with Crippen LogP contribution in [0.2, 0.25) is 0 Å². The number of aromatic amines is 1. The first-order valence-corrected chi connectivity index (χ1v) is 11.7. The van der Waals surface area contributed by atoms with E-state index in [1.54, 1.807) is 0 Å². The molecule has 0 saturated heterocycles. The van der Waals surface area contributed by atoms with E-state index in [4.69, 9.17) is 0 Å². The van der Waals surface area contributed by atoms with Crippen molar-refractivity contribution in [3.63, 3.8) is 0 Å². The van der Waals surface area contributed by atoms with Gasteiger partial charge in [0.05, 0.1) is 22.4 Å². The molecule has 1 aliphatic heterocycles. The fourth-order valence-electron chi connectivity index (χ4n) is 4.88. The van der Waals surface area contributed by atoms with E-state index < -0.39 is 0 Å². The lowest BCUT2D eigenvalue weighted by Gasteiger charge is -2.16. The van der Waals surface area contributed by atoms with E-state index in [9.17, 15) is 9.59 Å². The Morgan fingerprint density at radius 1 is 0.941 bits per heavy atom. The van der Waals surface area contributed by atoms with Crippen molar-refractivity contribution in [2.45, 2.75) is 19.9 Å². The highest BCUT2D eigenvalue weighted by molar-refractivity contribution is 6.50. The number of para-hydroxylation sites is 2. The summed E-state index contributed by atoms with van der Waals surface area (Å²) in [6.45, 7) is 4.75. The molecule has 0 unspecified atom stereocenters. The number of rotatable bonds is 8. The lowest BCUT2D eigenvalue weighted by molar-refractivity contribution is -0.122. The molecule has 1 aliphatic rings. The van der Waals surface area contributed by atoms with E-state index in [0.29, 0.717) is 11.1 Å². The second kappa shape index (κ2) is 8.83. The first-order chi connectivity index (χ1) is 16.5. The molecule has 0 bridgehead atoms. The van der Waals surface area contributed by atoms with Crippen molar-refractivity contribution < 1.29 is 9.59 Å². The van der Waals surface area contributed by atoms with Crippen LogP contribution in [-0.4, -0.2) is 48.6 Å². The summed E-state index contributed by atoms with van der Waals surface area (Å²) >= 11 is 0. The van der Waals surface area contributed by atoms with Crippen molar-refractivity contribution >= 4 is 50.5 Å². The van der Waals surface area contributed by atoms with Crippen LogP contribution in [0, 0.1) is 0 Å². The zero-order chi connectivity index (χ0) is 23.8. The van der Waals surface area contributed by atoms with Gasteiger partial charge in [0, 0.05) is 60.4 Å². The monoisotopic (exact) mass is 455 g/mol. The second-order valence-corrected chi connectivity index (χ2v) is 8.79. The summed E-state index contributed by atoms with van der Waals surface area (Å²) in [6, 6.07) is 13.9. The van der Waals surface area contributed by atoms with Crippen molar-refractivity contribution in [1.29, 1.82) is 0 Å². The maximum absolute atomic E-state index is 13.2. The Kier molecular flexibility index (Phi) is 5.71. The van der Waals surface area contributed by atoms with Crippen molar-refractivity contribution in [3.8, 4) is 0 Å². The summed E-state index contributed by atoms with van der Waals surface area (Å²) in [7, 11) is 4.04. The van der Waals surface area contributed by atoms with Gasteiger partial charge >= 0.3 is 0 Å². The molecule has 2 amide bonds. The number of imide groups is 1. The Labute approximate surface area is 198 Å². The molecule has 0 spiro atoms. The number of hydrogen-bond donors (Lipinski definition) is 3. The molecule has 174 valence electrons. The Hall–Kier alpha value is -3.84. The predicted octanol–water partition coefficient (Wildman–Crippen LogP) is 3.76. The topological polar surface area (TPSA) is 82.2 Å². The largest absolute Gasteiger partial charge is 0.376 e. The van der Waals surface area contributed by atoms with Crippen LogP contribution in [0.5, 0.6) is 0 Å². The standard InChI is InChI=1S/C27H29N5O2/c1-4-28-13-8-14-32-16-20(18-10-7-12-22(25(18)32)31(2)3)24-23(26(33)30-27(24)34)19-15-29-21-11-6-5-9-17(19)21/h5-7,9-12,15-16,28-29H,4,8,13-14H2,1-3H3,(H,30,33,34). The molecule has 5 rings (SSSR count). The minimum Gasteiger partial charge on any atom is -0.376 e. The van der Waals surface area contributed by atoms with Gasteiger partial charge in [0.15, 0.2) is 0 Å². The number of benzene rings is 2. The highest BCUT2D eigenvalue weighted by Gasteiger charge is 2.35. The zero-order valence-corrected chi connectivity index (χ0v) is 19.7. The van der Waals surface area contributed by atoms with Gasteiger partial charge < -0.3 is 19.8 Å². The fraction of sp³-hybridized carbons (Fsp3) is 0.259. The Bertz CT molecular complexity index is 1440. The molecule has 0 aliphatic carbocycles. The van der Waals surface area contributed by atoms with Crippen molar-refractivity contribution in [3.05, 3.63) is 66.0 Å². The minimum absolute atomic E-state index is 0.354. The molecule has 0 fully saturated rings. The zero-order valence-electron chi connectivity index (χ0n) is 19.7. The van der Waals surface area contributed by atoms with Crippen LogP contribution in [0.15, 0.2) is 54.9 Å². The Morgan fingerprint density at radius 2 is 1.68 bits per heavy atom. The molecule has 7 nitrogen and oxygen atoms in total. The summed E-state index contributed by atoms with van der Waals surface area (Å²) in [5.74, 6) is -0.714. The number of aromatic nitrogens is 2. The van der Waals surface area contributed by atoms with Gasteiger partial charge in [-0.2, -0.15) is 0 Å². The smallest absolute Gasteiger partial charge is 0.259 e. The molecule has 34 heavy (non-hydrogen) atoms. The molecular weight excluding hydrogens is 426 g/mol. The van der Waals surface area contributed by atoms with Crippen LogP contribution in [0.1, 0.15) is 24.5 Å². The lowest BCUT2D eigenvalue weighted by Crippen LogP contribution is -2.22. The third kappa shape index (κ3) is 3.58. The average molecular weight is 456 g/mol. The van der Waals surface area contributed by atoms with Gasteiger partial charge in [0.1, 0.15) is 0 Å². The lowest BCUT2D eigenvalue weighted by atomic mass is 9.95. The average Bonchev–Trinajstić information content (AvgIpc) is 3.49. The van der Waals surface area contributed by atoms with Gasteiger partial charge in [-0.3, -0.25) is 14.9 Å². The summed E-state index contributed by atoms with van der Waals surface area (Å²) in [5.41, 5.74) is 5.45. The molecule has 2 aromatic carbocycles. The molecule has 3 N–H and O–H groups in total. The third-order valence-electron chi connectivity index (χ3n) is 6.42. The van der Waals surface area contributed by atoms with Crippen LogP contribution in [-0.2, 0) is 16.1 Å². The van der Waals surface area contributed by atoms with Crippen LogP contribution < -0.4 is 15.5 Å². The number of fused-ring (bicyclic) bond motifs is 2. The van der Waals surface area contributed by atoms with E-state index in [2.05, 4.69) is 38.1 Å². The van der Waals surface area contributed by atoms with Crippen molar-refractivity contribution in [1.82, 2.24) is 20.2 Å². The van der Waals surface area contributed by atoms with E-state index in [-0.39, 0.29) is 11.8 Å². The predicted molar refractivity (Wildman–Crippen MR) is 138 cm³/mol. The van der Waals surface area contributed by atoms with E-state index in [1.807, 2.05) is 62.9 Å². The first-order valence-electron chi connectivity index (χ1n) is 11.7. The van der Waals surface area contributed by atoms with Crippen LogP contribution in [0.25, 0.3) is 33.0 Å². The maximum Gasteiger partial charge on any atom is 0.259 e. The van der Waals surface area contributed by atoms with Gasteiger partial charge in [-0.05, 0) is 31.6 Å². The number of nitrogens with one attached hydrogen (secondary N) is 3. The quantitative estimate of drug-likeness (QED) is 0.279. The number of anilines is 1. The van der Waals surface area contributed by atoms with E-state index in [1.165, 1.54) is 0 Å². The Morgan fingerprint density at radius 3 is 2.44 bits per heavy atom. The van der Waals surface area contributed by atoms with Gasteiger partial charge in [-0.1, -0.05) is 37.3 Å². The van der Waals surface area contributed by atoms with Gasteiger partial charge in [-0.25, -0.2) is 0 Å². The van der Waals surface area contributed by atoms with Crippen LogP contribution in [0.4, 0.5) is 5.69 Å². The Balaban J connectivity index is 1.74. The molecule has 0 atom stereocenters. The maximum atomic E-state index is 13.2. The number of carbonyl (C=O) groups is 2. The molecule has 3 heterocycles.